The SMILES string of the molecule is COCCOCCCCNCc1occc1C. The fourth-order valence-corrected chi connectivity index (χ4v) is 1.49. The molecule has 4 nitrogen and oxygen atoms in total. The number of unbranched alkanes of at least 4 members (excludes halogenated alkanes) is 1. The second kappa shape index (κ2) is 9.22. The van der Waals surface area contributed by atoms with E-state index in [1.54, 1.807) is 13.4 Å². The molecule has 0 unspecified atom stereocenters. The van der Waals surface area contributed by atoms with Crippen LogP contribution in [0.25, 0.3) is 0 Å². The van der Waals surface area contributed by atoms with Crippen molar-refractivity contribution in [2.45, 2.75) is 26.3 Å². The Hall–Kier alpha value is -0.840. The third-order valence-electron chi connectivity index (χ3n) is 2.58. The van der Waals surface area contributed by atoms with Gasteiger partial charge in [0.2, 0.25) is 0 Å². The molecule has 0 radical (unpaired) electrons. The van der Waals surface area contributed by atoms with Crippen molar-refractivity contribution in [3.8, 4) is 0 Å². The number of ether oxygens (including phenoxy) is 2. The number of methoxy groups -OCH3 is 1. The van der Waals surface area contributed by atoms with Crippen molar-refractivity contribution in [2.24, 2.45) is 0 Å². The Morgan fingerprint density at radius 2 is 2.12 bits per heavy atom. The minimum Gasteiger partial charge on any atom is -0.468 e. The Kier molecular flexibility index (Phi) is 7.71. The molecule has 0 fully saturated rings. The van der Waals surface area contributed by atoms with Crippen molar-refractivity contribution in [1.29, 1.82) is 0 Å². The van der Waals surface area contributed by atoms with E-state index in [-0.39, 0.29) is 0 Å². The largest absolute Gasteiger partial charge is 0.468 e. The van der Waals surface area contributed by atoms with Gasteiger partial charge >= 0.3 is 0 Å². The summed E-state index contributed by atoms with van der Waals surface area (Å²) in [6.07, 6.45) is 3.93. The number of hydrogen-bond donors (Lipinski definition) is 1. The average molecular weight is 241 g/mol. The summed E-state index contributed by atoms with van der Waals surface area (Å²) in [7, 11) is 1.68. The van der Waals surface area contributed by atoms with Crippen LogP contribution in [0.3, 0.4) is 0 Å². The van der Waals surface area contributed by atoms with Gasteiger partial charge in [0.1, 0.15) is 5.76 Å². The molecular weight excluding hydrogens is 218 g/mol. The van der Waals surface area contributed by atoms with Gasteiger partial charge < -0.3 is 19.2 Å². The van der Waals surface area contributed by atoms with Crippen molar-refractivity contribution in [3.05, 3.63) is 23.7 Å². The Morgan fingerprint density at radius 1 is 1.24 bits per heavy atom. The van der Waals surface area contributed by atoms with E-state index in [4.69, 9.17) is 13.9 Å². The normalized spacial score (nSPS) is 10.9. The third-order valence-corrected chi connectivity index (χ3v) is 2.58. The summed E-state index contributed by atoms with van der Waals surface area (Å²) in [5.41, 5.74) is 1.21. The van der Waals surface area contributed by atoms with Crippen molar-refractivity contribution in [3.63, 3.8) is 0 Å². The number of aryl methyl sites for hydroxylation is 1. The summed E-state index contributed by atoms with van der Waals surface area (Å²) in [5.74, 6) is 1.03. The zero-order valence-electron chi connectivity index (χ0n) is 10.8. The monoisotopic (exact) mass is 241 g/mol. The standard InChI is InChI=1S/C13H23NO3/c1-12-5-8-17-13(12)11-14-6-3-4-7-16-10-9-15-2/h5,8,14H,3-4,6-7,9-11H2,1-2H3. The quantitative estimate of drug-likeness (QED) is 0.637. The summed E-state index contributed by atoms with van der Waals surface area (Å²) in [6, 6.07) is 1.99. The molecule has 0 saturated carbocycles. The number of rotatable bonds is 10. The zero-order chi connectivity index (χ0) is 12.3. The maximum absolute atomic E-state index is 5.37. The molecule has 1 N–H and O–H groups in total. The number of hydrogen-bond acceptors (Lipinski definition) is 4. The topological polar surface area (TPSA) is 43.6 Å². The molecule has 0 aliphatic rings. The summed E-state index contributed by atoms with van der Waals surface area (Å²) >= 11 is 0. The molecule has 1 heterocycles. The van der Waals surface area contributed by atoms with Gasteiger partial charge in [-0.3, -0.25) is 0 Å². The molecule has 0 aliphatic heterocycles. The smallest absolute Gasteiger partial charge is 0.120 e. The highest BCUT2D eigenvalue weighted by atomic mass is 16.5. The molecule has 0 aliphatic carbocycles. The fourth-order valence-electron chi connectivity index (χ4n) is 1.49. The van der Waals surface area contributed by atoms with Gasteiger partial charge in [-0.15, -0.1) is 0 Å². The first kappa shape index (κ1) is 14.2. The van der Waals surface area contributed by atoms with Crippen LogP contribution in [0.15, 0.2) is 16.7 Å². The predicted octanol–water partition coefficient (Wildman–Crippen LogP) is 2.12. The lowest BCUT2D eigenvalue weighted by atomic mass is 10.2. The molecule has 0 saturated heterocycles. The van der Waals surface area contributed by atoms with Crippen molar-refractivity contribution >= 4 is 0 Å². The number of furan rings is 1. The highest BCUT2D eigenvalue weighted by molar-refractivity contribution is 5.13. The van der Waals surface area contributed by atoms with E-state index in [1.807, 2.05) is 6.07 Å². The van der Waals surface area contributed by atoms with E-state index in [0.717, 1.165) is 38.3 Å². The summed E-state index contributed by atoms with van der Waals surface area (Å²) < 4.78 is 15.6. The first-order valence-electron chi connectivity index (χ1n) is 6.15. The van der Waals surface area contributed by atoms with E-state index in [1.165, 1.54) is 5.56 Å². The van der Waals surface area contributed by atoms with E-state index in [0.29, 0.717) is 13.2 Å². The molecule has 17 heavy (non-hydrogen) atoms. The van der Waals surface area contributed by atoms with Crippen molar-refractivity contribution in [1.82, 2.24) is 5.32 Å². The van der Waals surface area contributed by atoms with Crippen LogP contribution in [-0.2, 0) is 16.0 Å². The van der Waals surface area contributed by atoms with Crippen LogP contribution >= 0.6 is 0 Å². The highest BCUT2D eigenvalue weighted by Gasteiger charge is 1.99. The Labute approximate surface area is 103 Å². The van der Waals surface area contributed by atoms with Crippen LogP contribution in [0.5, 0.6) is 0 Å². The van der Waals surface area contributed by atoms with Gasteiger partial charge in [0.25, 0.3) is 0 Å². The molecule has 1 aromatic heterocycles. The zero-order valence-corrected chi connectivity index (χ0v) is 10.8. The minimum absolute atomic E-state index is 0.677. The summed E-state index contributed by atoms with van der Waals surface area (Å²) in [4.78, 5) is 0. The van der Waals surface area contributed by atoms with E-state index in [9.17, 15) is 0 Å². The maximum atomic E-state index is 5.37. The highest BCUT2D eigenvalue weighted by Crippen LogP contribution is 2.07. The lowest BCUT2D eigenvalue weighted by Gasteiger charge is -2.05. The Bertz CT molecular complexity index is 286. The van der Waals surface area contributed by atoms with Gasteiger partial charge in [0.15, 0.2) is 0 Å². The molecule has 0 aromatic carbocycles. The van der Waals surface area contributed by atoms with Crippen molar-refractivity contribution in [2.75, 3.05) is 33.5 Å². The lowest BCUT2D eigenvalue weighted by Crippen LogP contribution is -2.15. The molecule has 0 amide bonds. The van der Waals surface area contributed by atoms with Crippen LogP contribution < -0.4 is 5.32 Å². The van der Waals surface area contributed by atoms with E-state index >= 15 is 0 Å². The molecule has 0 spiro atoms. The van der Waals surface area contributed by atoms with Crippen molar-refractivity contribution < 1.29 is 13.9 Å². The fraction of sp³-hybridized carbons (Fsp3) is 0.692. The molecule has 98 valence electrons. The first-order chi connectivity index (χ1) is 8.34. The van der Waals surface area contributed by atoms with Gasteiger partial charge in [-0.2, -0.15) is 0 Å². The third kappa shape index (κ3) is 6.46. The summed E-state index contributed by atoms with van der Waals surface area (Å²) in [5, 5.41) is 3.36. The van der Waals surface area contributed by atoms with Crippen LogP contribution in [-0.4, -0.2) is 33.5 Å². The van der Waals surface area contributed by atoms with E-state index < -0.39 is 0 Å². The van der Waals surface area contributed by atoms with Crippen LogP contribution in [0.1, 0.15) is 24.2 Å². The summed E-state index contributed by atoms with van der Waals surface area (Å²) in [6.45, 7) is 6.04. The van der Waals surface area contributed by atoms with Crippen LogP contribution in [0.2, 0.25) is 0 Å². The minimum atomic E-state index is 0.677. The maximum Gasteiger partial charge on any atom is 0.120 e. The second-order valence-electron chi connectivity index (χ2n) is 4.02. The van der Waals surface area contributed by atoms with Gasteiger partial charge in [-0.25, -0.2) is 0 Å². The molecule has 4 heteroatoms. The van der Waals surface area contributed by atoms with Crippen LogP contribution in [0.4, 0.5) is 0 Å². The Balaban J connectivity index is 1.86. The van der Waals surface area contributed by atoms with Gasteiger partial charge in [0.05, 0.1) is 26.0 Å². The van der Waals surface area contributed by atoms with Crippen LogP contribution in [0, 0.1) is 6.92 Å². The van der Waals surface area contributed by atoms with Gasteiger partial charge in [-0.1, -0.05) is 0 Å². The first-order valence-corrected chi connectivity index (χ1v) is 6.15. The average Bonchev–Trinajstić information content (AvgIpc) is 2.73. The molecule has 0 atom stereocenters. The molecule has 1 aromatic rings. The van der Waals surface area contributed by atoms with E-state index in [2.05, 4.69) is 12.2 Å². The molecule has 1 rings (SSSR count). The Morgan fingerprint density at radius 3 is 2.82 bits per heavy atom. The van der Waals surface area contributed by atoms with Gasteiger partial charge in [-0.05, 0) is 37.9 Å². The van der Waals surface area contributed by atoms with Gasteiger partial charge in [0, 0.05) is 13.7 Å². The number of nitrogens with one attached hydrogen (secondary N) is 1. The predicted molar refractivity (Wildman–Crippen MR) is 67.1 cm³/mol. The second-order valence-corrected chi connectivity index (χ2v) is 4.02. The molecular formula is C13H23NO3. The lowest BCUT2D eigenvalue weighted by molar-refractivity contribution is 0.0688. The molecule has 0 bridgehead atoms.